The first kappa shape index (κ1) is 12.7. The molecule has 2 rings (SSSR count). The summed E-state index contributed by atoms with van der Waals surface area (Å²) in [5.41, 5.74) is 0. The molecule has 0 aromatic heterocycles. The van der Waals surface area contributed by atoms with E-state index in [4.69, 9.17) is 0 Å². The van der Waals surface area contributed by atoms with Crippen LogP contribution in [0.15, 0.2) is 35.2 Å². The average molecular weight is 248 g/mol. The van der Waals surface area contributed by atoms with Gasteiger partial charge in [0.25, 0.3) is 0 Å². The molecule has 0 saturated heterocycles. The molecule has 0 radical (unpaired) electrons. The maximum Gasteiger partial charge on any atom is 0.146 e. The highest BCUT2D eigenvalue weighted by Crippen LogP contribution is 2.26. The topological polar surface area (TPSA) is 17.1 Å². The van der Waals surface area contributed by atoms with Crippen molar-refractivity contribution >= 4 is 17.5 Å². The Morgan fingerprint density at radius 2 is 1.71 bits per heavy atom. The van der Waals surface area contributed by atoms with Gasteiger partial charge in [-0.05, 0) is 25.0 Å². The Labute approximate surface area is 108 Å². The Kier molecular flexibility index (Phi) is 5.11. The van der Waals surface area contributed by atoms with Gasteiger partial charge in [-0.1, -0.05) is 43.9 Å². The number of hydrogen-bond acceptors (Lipinski definition) is 2. The zero-order valence-electron chi connectivity index (χ0n) is 10.2. The summed E-state index contributed by atoms with van der Waals surface area (Å²) in [6.45, 7) is 0. The first-order valence-corrected chi connectivity index (χ1v) is 7.55. The van der Waals surface area contributed by atoms with Gasteiger partial charge < -0.3 is 0 Å². The standard InChI is InChI=1S/C15H20OS/c16-15(13-8-4-1-2-5-9-13)12-17-14-10-6-3-7-11-14/h3,6-7,10-11,13H,1-2,4-5,8-9,12H2. The maximum absolute atomic E-state index is 12.1. The molecule has 0 aliphatic heterocycles. The van der Waals surface area contributed by atoms with Crippen molar-refractivity contribution in [3.63, 3.8) is 0 Å². The third kappa shape index (κ3) is 4.19. The molecule has 1 nitrogen and oxygen atoms in total. The molecule has 0 N–H and O–H groups in total. The van der Waals surface area contributed by atoms with Gasteiger partial charge in [0, 0.05) is 10.8 Å². The zero-order valence-corrected chi connectivity index (χ0v) is 11.0. The molecule has 1 aromatic carbocycles. The largest absolute Gasteiger partial charge is 0.298 e. The third-order valence-corrected chi connectivity index (χ3v) is 4.47. The second-order valence-corrected chi connectivity index (χ2v) is 5.81. The van der Waals surface area contributed by atoms with Crippen LogP contribution in [0.3, 0.4) is 0 Å². The van der Waals surface area contributed by atoms with Gasteiger partial charge in [-0.25, -0.2) is 0 Å². The van der Waals surface area contributed by atoms with Crippen LogP contribution in [-0.4, -0.2) is 11.5 Å². The highest BCUT2D eigenvalue weighted by molar-refractivity contribution is 8.00. The Morgan fingerprint density at radius 1 is 1.06 bits per heavy atom. The second kappa shape index (κ2) is 6.85. The summed E-state index contributed by atoms with van der Waals surface area (Å²) >= 11 is 1.68. The molecule has 92 valence electrons. The van der Waals surface area contributed by atoms with E-state index >= 15 is 0 Å². The van der Waals surface area contributed by atoms with Crippen molar-refractivity contribution in [1.29, 1.82) is 0 Å². The molecular weight excluding hydrogens is 228 g/mol. The summed E-state index contributed by atoms with van der Waals surface area (Å²) in [6, 6.07) is 10.2. The van der Waals surface area contributed by atoms with Crippen molar-refractivity contribution in [1.82, 2.24) is 0 Å². The number of ketones is 1. The van der Waals surface area contributed by atoms with Gasteiger partial charge >= 0.3 is 0 Å². The molecule has 0 spiro atoms. The molecule has 1 aromatic rings. The van der Waals surface area contributed by atoms with Gasteiger partial charge in [0.15, 0.2) is 0 Å². The molecular formula is C15H20OS. The van der Waals surface area contributed by atoms with Crippen LogP contribution in [0.1, 0.15) is 38.5 Å². The Hall–Kier alpha value is -0.760. The Morgan fingerprint density at radius 3 is 2.35 bits per heavy atom. The molecule has 0 bridgehead atoms. The van der Waals surface area contributed by atoms with Crippen molar-refractivity contribution in [2.45, 2.75) is 43.4 Å². The molecule has 2 heteroatoms. The first-order chi connectivity index (χ1) is 8.36. The van der Waals surface area contributed by atoms with Gasteiger partial charge in [0.05, 0.1) is 5.75 Å². The number of carbonyl (C=O) groups excluding carboxylic acids is 1. The summed E-state index contributed by atoms with van der Waals surface area (Å²) in [4.78, 5) is 13.3. The normalized spacial score (nSPS) is 17.6. The number of thioether (sulfide) groups is 1. The lowest BCUT2D eigenvalue weighted by Crippen LogP contribution is -2.15. The first-order valence-electron chi connectivity index (χ1n) is 6.57. The molecule has 17 heavy (non-hydrogen) atoms. The van der Waals surface area contributed by atoms with Gasteiger partial charge in [-0.3, -0.25) is 4.79 Å². The van der Waals surface area contributed by atoms with Crippen LogP contribution in [0, 0.1) is 5.92 Å². The van der Waals surface area contributed by atoms with E-state index in [1.54, 1.807) is 11.8 Å². The van der Waals surface area contributed by atoms with E-state index in [1.165, 1.54) is 30.6 Å². The number of Topliss-reactive ketones (excluding diaryl/α,β-unsaturated/α-hetero) is 1. The van der Waals surface area contributed by atoms with Gasteiger partial charge in [0.2, 0.25) is 0 Å². The minimum atomic E-state index is 0.341. The maximum atomic E-state index is 12.1. The lowest BCUT2D eigenvalue weighted by molar-refractivity contribution is -0.120. The zero-order chi connectivity index (χ0) is 11.9. The van der Waals surface area contributed by atoms with Gasteiger partial charge in [-0.15, -0.1) is 11.8 Å². The van der Waals surface area contributed by atoms with Crippen molar-refractivity contribution in [3.05, 3.63) is 30.3 Å². The molecule has 1 aliphatic rings. The fourth-order valence-electron chi connectivity index (χ4n) is 2.39. The quantitative estimate of drug-likeness (QED) is 0.583. The molecule has 0 heterocycles. The molecule has 0 unspecified atom stereocenters. The van der Waals surface area contributed by atoms with Crippen LogP contribution in [0.4, 0.5) is 0 Å². The smallest absolute Gasteiger partial charge is 0.146 e. The summed E-state index contributed by atoms with van der Waals surface area (Å²) in [7, 11) is 0. The van der Waals surface area contributed by atoms with Crippen LogP contribution in [0.25, 0.3) is 0 Å². The number of carbonyl (C=O) groups is 1. The second-order valence-electron chi connectivity index (χ2n) is 4.76. The van der Waals surface area contributed by atoms with E-state index in [1.807, 2.05) is 18.2 Å². The highest BCUT2D eigenvalue weighted by Gasteiger charge is 2.19. The average Bonchev–Trinajstić information content (AvgIpc) is 2.66. The predicted octanol–water partition coefficient (Wildman–Crippen LogP) is 4.32. The Bertz CT molecular complexity index is 339. The predicted molar refractivity (Wildman–Crippen MR) is 73.4 cm³/mol. The molecule has 1 aliphatic carbocycles. The fraction of sp³-hybridized carbons (Fsp3) is 0.533. The summed E-state index contributed by atoms with van der Waals surface area (Å²) < 4.78 is 0. The van der Waals surface area contributed by atoms with Crippen molar-refractivity contribution in [3.8, 4) is 0 Å². The fourth-order valence-corrected chi connectivity index (χ4v) is 3.28. The van der Waals surface area contributed by atoms with Crippen LogP contribution < -0.4 is 0 Å². The van der Waals surface area contributed by atoms with E-state index in [0.717, 1.165) is 12.8 Å². The number of benzene rings is 1. The van der Waals surface area contributed by atoms with Crippen LogP contribution in [0.5, 0.6) is 0 Å². The monoisotopic (exact) mass is 248 g/mol. The SMILES string of the molecule is O=C(CSc1ccccc1)C1CCCCCC1. The van der Waals surface area contributed by atoms with Crippen molar-refractivity contribution < 1.29 is 4.79 Å². The van der Waals surface area contributed by atoms with Crippen molar-refractivity contribution in [2.24, 2.45) is 5.92 Å². The van der Waals surface area contributed by atoms with Gasteiger partial charge in [0.1, 0.15) is 5.78 Å². The Balaban J connectivity index is 1.80. The molecule has 1 fully saturated rings. The minimum Gasteiger partial charge on any atom is -0.298 e. The van der Waals surface area contributed by atoms with Gasteiger partial charge in [-0.2, -0.15) is 0 Å². The number of hydrogen-bond donors (Lipinski definition) is 0. The third-order valence-electron chi connectivity index (χ3n) is 3.43. The highest BCUT2D eigenvalue weighted by atomic mass is 32.2. The van der Waals surface area contributed by atoms with E-state index < -0.39 is 0 Å². The summed E-state index contributed by atoms with van der Waals surface area (Å²) in [6.07, 6.45) is 7.35. The van der Waals surface area contributed by atoms with Crippen molar-refractivity contribution in [2.75, 3.05) is 5.75 Å². The van der Waals surface area contributed by atoms with E-state index in [9.17, 15) is 4.79 Å². The van der Waals surface area contributed by atoms with E-state index in [-0.39, 0.29) is 0 Å². The lowest BCUT2D eigenvalue weighted by atomic mass is 9.96. The summed E-state index contributed by atoms with van der Waals surface area (Å²) in [5.74, 6) is 1.45. The molecule has 1 saturated carbocycles. The van der Waals surface area contributed by atoms with E-state index in [2.05, 4.69) is 12.1 Å². The van der Waals surface area contributed by atoms with Crippen LogP contribution in [0.2, 0.25) is 0 Å². The number of rotatable bonds is 4. The van der Waals surface area contributed by atoms with Crippen LogP contribution in [-0.2, 0) is 4.79 Å². The summed E-state index contributed by atoms with van der Waals surface area (Å²) in [5, 5.41) is 0. The molecule has 0 atom stereocenters. The molecule has 0 amide bonds. The van der Waals surface area contributed by atoms with Crippen LogP contribution >= 0.6 is 11.8 Å². The van der Waals surface area contributed by atoms with E-state index in [0.29, 0.717) is 17.5 Å². The minimum absolute atomic E-state index is 0.341. The lowest BCUT2D eigenvalue weighted by Gasteiger charge is -2.12.